The van der Waals surface area contributed by atoms with E-state index in [-0.39, 0.29) is 6.10 Å². The average molecular weight is 294 g/mol. The summed E-state index contributed by atoms with van der Waals surface area (Å²) in [5.74, 6) is 0.799. The molecule has 3 atom stereocenters. The number of aliphatic hydroxyl groups excluding tert-OH is 1. The topological polar surface area (TPSA) is 35.5 Å². The molecule has 0 aromatic rings. The zero-order chi connectivity index (χ0) is 14.7. The Kier molecular flexibility index (Phi) is 5.58. The lowest BCUT2D eigenvalue weighted by Gasteiger charge is -2.39. The molecule has 2 N–H and O–H groups in total. The van der Waals surface area contributed by atoms with Gasteiger partial charge < -0.3 is 10.4 Å². The van der Waals surface area contributed by atoms with Crippen molar-refractivity contribution in [2.24, 2.45) is 5.92 Å². The summed E-state index contributed by atoms with van der Waals surface area (Å²) >= 11 is 0. The fourth-order valence-corrected chi connectivity index (χ4v) is 5.01. The standard InChI is InChI=1S/C18H34N2O/c1-2-9-20(13-18(21)10-14-5-3-4-6-14)17-11-15-7-8-16(12-17)19-15/h14-19,21H,2-13H2,1H3. The number of hydrogen-bond acceptors (Lipinski definition) is 3. The normalized spacial score (nSPS) is 34.7. The molecule has 21 heavy (non-hydrogen) atoms. The largest absolute Gasteiger partial charge is 0.392 e. The van der Waals surface area contributed by atoms with Gasteiger partial charge in [-0.2, -0.15) is 0 Å². The van der Waals surface area contributed by atoms with Gasteiger partial charge in [-0.3, -0.25) is 4.90 Å². The number of nitrogens with zero attached hydrogens (tertiary/aromatic N) is 1. The zero-order valence-electron chi connectivity index (χ0n) is 13.8. The Morgan fingerprint density at radius 2 is 1.76 bits per heavy atom. The van der Waals surface area contributed by atoms with Crippen LogP contribution in [0.25, 0.3) is 0 Å². The van der Waals surface area contributed by atoms with Gasteiger partial charge in [0, 0.05) is 24.7 Å². The van der Waals surface area contributed by atoms with Crippen molar-refractivity contribution in [3.63, 3.8) is 0 Å². The molecule has 0 aromatic heterocycles. The van der Waals surface area contributed by atoms with E-state index in [9.17, 15) is 5.11 Å². The lowest BCUT2D eigenvalue weighted by atomic mass is 9.95. The Morgan fingerprint density at radius 1 is 1.10 bits per heavy atom. The minimum atomic E-state index is -0.104. The molecule has 3 fully saturated rings. The molecule has 0 amide bonds. The molecule has 2 heterocycles. The Hall–Kier alpha value is -0.120. The highest BCUT2D eigenvalue weighted by molar-refractivity contribution is 4.96. The summed E-state index contributed by atoms with van der Waals surface area (Å²) in [4.78, 5) is 2.62. The first-order chi connectivity index (χ1) is 10.2. The predicted octanol–water partition coefficient (Wildman–Crippen LogP) is 2.92. The molecule has 122 valence electrons. The third-order valence-corrected chi connectivity index (χ3v) is 6.00. The van der Waals surface area contributed by atoms with Crippen LogP contribution in [-0.4, -0.2) is 47.3 Å². The monoisotopic (exact) mass is 294 g/mol. The first-order valence-electron chi connectivity index (χ1n) is 9.42. The first-order valence-corrected chi connectivity index (χ1v) is 9.42. The fourth-order valence-electron chi connectivity index (χ4n) is 5.01. The highest BCUT2D eigenvalue weighted by atomic mass is 16.3. The Balaban J connectivity index is 1.51. The Morgan fingerprint density at radius 3 is 2.38 bits per heavy atom. The second-order valence-corrected chi connectivity index (χ2v) is 7.80. The number of fused-ring (bicyclic) bond motifs is 2. The maximum absolute atomic E-state index is 10.5. The van der Waals surface area contributed by atoms with Crippen molar-refractivity contribution in [3.8, 4) is 0 Å². The third-order valence-electron chi connectivity index (χ3n) is 6.00. The molecule has 0 radical (unpaired) electrons. The number of aliphatic hydroxyl groups is 1. The summed E-state index contributed by atoms with van der Waals surface area (Å²) in [6.07, 6.45) is 12.9. The van der Waals surface area contributed by atoms with Crippen molar-refractivity contribution in [1.29, 1.82) is 0 Å². The van der Waals surface area contributed by atoms with Crippen molar-refractivity contribution in [1.82, 2.24) is 10.2 Å². The van der Waals surface area contributed by atoms with Gasteiger partial charge in [0.2, 0.25) is 0 Å². The van der Waals surface area contributed by atoms with E-state index in [0.29, 0.717) is 6.04 Å². The number of nitrogens with one attached hydrogen (secondary N) is 1. The van der Waals surface area contributed by atoms with Gasteiger partial charge >= 0.3 is 0 Å². The number of piperidine rings is 1. The smallest absolute Gasteiger partial charge is 0.0669 e. The van der Waals surface area contributed by atoms with E-state index in [2.05, 4.69) is 17.1 Å². The first kappa shape index (κ1) is 15.8. The van der Waals surface area contributed by atoms with Gasteiger partial charge in [-0.25, -0.2) is 0 Å². The van der Waals surface area contributed by atoms with Gasteiger partial charge in [-0.1, -0.05) is 32.6 Å². The maximum atomic E-state index is 10.5. The van der Waals surface area contributed by atoms with E-state index in [1.54, 1.807) is 0 Å². The van der Waals surface area contributed by atoms with Crippen molar-refractivity contribution in [3.05, 3.63) is 0 Å². The van der Waals surface area contributed by atoms with Crippen LogP contribution in [-0.2, 0) is 0 Å². The SMILES string of the molecule is CCCN(CC(O)CC1CCCC1)C1CC2CCC(C1)N2. The van der Waals surface area contributed by atoms with Crippen LogP contribution in [0.2, 0.25) is 0 Å². The van der Waals surface area contributed by atoms with Gasteiger partial charge in [0.15, 0.2) is 0 Å². The maximum Gasteiger partial charge on any atom is 0.0669 e. The molecule has 2 bridgehead atoms. The van der Waals surface area contributed by atoms with Gasteiger partial charge in [0.1, 0.15) is 0 Å². The average Bonchev–Trinajstić information content (AvgIpc) is 3.08. The van der Waals surface area contributed by atoms with E-state index >= 15 is 0 Å². The van der Waals surface area contributed by atoms with Crippen LogP contribution < -0.4 is 5.32 Å². The van der Waals surface area contributed by atoms with Gasteiger partial charge in [0.05, 0.1) is 6.10 Å². The van der Waals surface area contributed by atoms with Crippen LogP contribution in [0.15, 0.2) is 0 Å². The number of hydrogen-bond donors (Lipinski definition) is 2. The minimum absolute atomic E-state index is 0.104. The molecule has 1 saturated carbocycles. The number of rotatable bonds is 7. The summed E-state index contributed by atoms with van der Waals surface area (Å²) in [6, 6.07) is 2.21. The molecule has 2 saturated heterocycles. The molecule has 0 aromatic carbocycles. The molecule has 0 spiro atoms. The minimum Gasteiger partial charge on any atom is -0.392 e. The van der Waals surface area contributed by atoms with E-state index in [4.69, 9.17) is 0 Å². The van der Waals surface area contributed by atoms with Crippen LogP contribution in [0.5, 0.6) is 0 Å². The zero-order valence-corrected chi connectivity index (χ0v) is 13.8. The molecule has 3 aliphatic rings. The molecule has 3 unspecified atom stereocenters. The molecule has 3 heteroatoms. The molecular formula is C18H34N2O. The second kappa shape index (κ2) is 7.43. The molecular weight excluding hydrogens is 260 g/mol. The van der Waals surface area contributed by atoms with E-state index in [1.165, 1.54) is 57.8 Å². The summed E-state index contributed by atoms with van der Waals surface area (Å²) in [5, 5.41) is 14.3. The van der Waals surface area contributed by atoms with Crippen LogP contribution >= 0.6 is 0 Å². The van der Waals surface area contributed by atoms with Crippen LogP contribution in [0.3, 0.4) is 0 Å². The summed E-state index contributed by atoms with van der Waals surface area (Å²) < 4.78 is 0. The lowest BCUT2D eigenvalue weighted by molar-refractivity contribution is 0.0549. The highest BCUT2D eigenvalue weighted by Gasteiger charge is 2.36. The lowest BCUT2D eigenvalue weighted by Crippen LogP contribution is -2.50. The molecule has 2 aliphatic heterocycles. The molecule has 3 rings (SSSR count). The molecule has 1 aliphatic carbocycles. The van der Waals surface area contributed by atoms with Crippen molar-refractivity contribution in [2.45, 2.75) is 95.4 Å². The quantitative estimate of drug-likeness (QED) is 0.758. The summed E-state index contributed by atoms with van der Waals surface area (Å²) in [5.41, 5.74) is 0. The van der Waals surface area contributed by atoms with E-state index < -0.39 is 0 Å². The molecule has 3 nitrogen and oxygen atoms in total. The highest BCUT2D eigenvalue weighted by Crippen LogP contribution is 2.31. The van der Waals surface area contributed by atoms with Gasteiger partial charge in [-0.15, -0.1) is 0 Å². The second-order valence-electron chi connectivity index (χ2n) is 7.80. The Labute approximate surface area is 130 Å². The van der Waals surface area contributed by atoms with Crippen LogP contribution in [0, 0.1) is 5.92 Å². The van der Waals surface area contributed by atoms with Crippen molar-refractivity contribution in [2.75, 3.05) is 13.1 Å². The van der Waals surface area contributed by atoms with E-state index in [0.717, 1.165) is 37.5 Å². The van der Waals surface area contributed by atoms with Crippen LogP contribution in [0.4, 0.5) is 0 Å². The summed E-state index contributed by atoms with van der Waals surface area (Å²) in [6.45, 7) is 4.34. The fraction of sp³-hybridized carbons (Fsp3) is 1.00. The predicted molar refractivity (Wildman–Crippen MR) is 87.4 cm³/mol. The van der Waals surface area contributed by atoms with E-state index in [1.807, 2.05) is 0 Å². The Bertz CT molecular complexity index is 304. The van der Waals surface area contributed by atoms with Gasteiger partial charge in [0.25, 0.3) is 0 Å². The van der Waals surface area contributed by atoms with Crippen LogP contribution in [0.1, 0.15) is 71.1 Å². The third kappa shape index (κ3) is 4.20. The van der Waals surface area contributed by atoms with Gasteiger partial charge in [-0.05, 0) is 51.0 Å². The van der Waals surface area contributed by atoms with Crippen molar-refractivity contribution < 1.29 is 5.11 Å². The summed E-state index contributed by atoms with van der Waals surface area (Å²) in [7, 11) is 0. The van der Waals surface area contributed by atoms with Crippen molar-refractivity contribution >= 4 is 0 Å².